The van der Waals surface area contributed by atoms with Gasteiger partial charge in [0.15, 0.2) is 0 Å². The molecule has 0 aromatic rings. The second kappa shape index (κ2) is 22.1. The van der Waals surface area contributed by atoms with Crippen molar-refractivity contribution < 1.29 is 32.4 Å². The molecule has 0 rings (SSSR count). The molecule has 0 N–H and O–H groups in total. The van der Waals surface area contributed by atoms with Crippen LogP contribution >= 0.6 is 0 Å². The van der Waals surface area contributed by atoms with Crippen molar-refractivity contribution in [1.29, 1.82) is 0 Å². The molecular formula is C16H30O7Sn. The van der Waals surface area contributed by atoms with Crippen LogP contribution in [-0.4, -0.2) is 47.0 Å². The summed E-state index contributed by atoms with van der Waals surface area (Å²) in [5.74, 6) is 0. The van der Waals surface area contributed by atoms with E-state index in [0.29, 0.717) is 22.5 Å². The Morgan fingerprint density at radius 1 is 0.792 bits per heavy atom. The molecule has 0 spiro atoms. The molecule has 0 saturated carbocycles. The molecule has 2 unspecified atom stereocenters. The Balaban J connectivity index is -0.000000333. The first-order valence-electron chi connectivity index (χ1n) is 8.36. The van der Waals surface area contributed by atoms with Crippen molar-refractivity contribution in [2.24, 2.45) is 0 Å². The summed E-state index contributed by atoms with van der Waals surface area (Å²) in [4.78, 5) is 20.0. The van der Waals surface area contributed by atoms with E-state index in [0.717, 1.165) is 51.4 Å². The van der Waals surface area contributed by atoms with Gasteiger partial charge in [-0.3, -0.25) is 0 Å². The van der Waals surface area contributed by atoms with Crippen LogP contribution in [0.25, 0.3) is 0 Å². The zero-order valence-electron chi connectivity index (χ0n) is 15.2. The van der Waals surface area contributed by atoms with Crippen LogP contribution in [0, 0.1) is 0 Å². The fraction of sp³-hybridized carbons (Fsp3) is 0.875. The summed E-state index contributed by atoms with van der Waals surface area (Å²) < 4.78 is 17.4. The van der Waals surface area contributed by atoms with E-state index in [-0.39, 0.29) is 12.2 Å². The predicted octanol–water partition coefficient (Wildman–Crippen LogP) is 2.13. The van der Waals surface area contributed by atoms with Gasteiger partial charge in [0.2, 0.25) is 0 Å². The van der Waals surface area contributed by atoms with E-state index in [2.05, 4.69) is 23.3 Å². The normalized spacial score (nSPS) is 11.8. The third-order valence-corrected chi connectivity index (χ3v) is 3.20. The summed E-state index contributed by atoms with van der Waals surface area (Å²) in [7, 11) is 0. The molecular weight excluding hydrogens is 423 g/mol. The summed E-state index contributed by atoms with van der Waals surface area (Å²) in [6, 6.07) is 0. The summed E-state index contributed by atoms with van der Waals surface area (Å²) in [6.45, 7) is 7.93. The van der Waals surface area contributed by atoms with Gasteiger partial charge < -0.3 is 29.3 Å². The van der Waals surface area contributed by atoms with Gasteiger partial charge in [-0.1, -0.05) is 53.4 Å². The Labute approximate surface area is 158 Å². The number of carbonyl (C=O) groups excluding carboxylic acids is 2. The van der Waals surface area contributed by atoms with E-state index in [9.17, 15) is 19.8 Å². The van der Waals surface area contributed by atoms with Crippen LogP contribution in [0.2, 0.25) is 0 Å². The third-order valence-electron chi connectivity index (χ3n) is 3.20. The van der Waals surface area contributed by atoms with E-state index in [1.165, 1.54) is 0 Å². The topological polar surface area (TPSA) is 116 Å². The number of hydrogen-bond donors (Lipinski definition) is 0. The van der Waals surface area contributed by atoms with Gasteiger partial charge in [0.1, 0.15) is 0 Å². The number of ether oxygens (including phenoxy) is 2. The second-order valence-corrected chi connectivity index (χ2v) is 5.08. The zero-order chi connectivity index (χ0) is 19.4. The SMILES string of the molecule is CCCCC(CC)OC(=O)[O-].CCCCC(CC)OC(=O)[O-].[O]=[Sn+2]. The van der Waals surface area contributed by atoms with Crippen LogP contribution in [0.1, 0.15) is 79.1 Å². The summed E-state index contributed by atoms with van der Waals surface area (Å²) in [5.41, 5.74) is 0. The molecule has 2 atom stereocenters. The van der Waals surface area contributed by atoms with Crippen molar-refractivity contribution >= 4 is 34.8 Å². The molecule has 24 heavy (non-hydrogen) atoms. The molecule has 7 nitrogen and oxygen atoms in total. The molecule has 0 heterocycles. The quantitative estimate of drug-likeness (QED) is 0.368. The van der Waals surface area contributed by atoms with Crippen LogP contribution in [0.3, 0.4) is 0 Å². The summed E-state index contributed by atoms with van der Waals surface area (Å²) in [6.07, 6.45) is 4.06. The zero-order valence-corrected chi connectivity index (χ0v) is 18.0. The Hall–Kier alpha value is -0.861. The molecule has 0 amide bonds. The molecule has 0 radical (unpaired) electrons. The summed E-state index contributed by atoms with van der Waals surface area (Å²) >= 11 is 0.300. The molecule has 0 aromatic carbocycles. The average molecular weight is 453 g/mol. The van der Waals surface area contributed by atoms with E-state index in [4.69, 9.17) is 3.08 Å². The molecule has 140 valence electrons. The molecule has 0 bridgehead atoms. The van der Waals surface area contributed by atoms with E-state index in [1.54, 1.807) is 0 Å². The number of rotatable bonds is 10. The van der Waals surface area contributed by atoms with Gasteiger partial charge in [0, 0.05) is 12.2 Å². The van der Waals surface area contributed by atoms with Crippen LogP contribution in [0.5, 0.6) is 0 Å². The van der Waals surface area contributed by atoms with Crippen LogP contribution < -0.4 is 10.2 Å². The second-order valence-electron chi connectivity index (χ2n) is 5.08. The molecule has 8 heteroatoms. The van der Waals surface area contributed by atoms with Gasteiger partial charge in [0.05, 0.1) is 0 Å². The Morgan fingerprint density at radius 3 is 1.25 bits per heavy atom. The average Bonchev–Trinajstić information content (AvgIpc) is 2.57. The van der Waals surface area contributed by atoms with Crippen molar-refractivity contribution in [2.75, 3.05) is 0 Å². The minimum atomic E-state index is -1.41. The molecule has 0 aliphatic heterocycles. The van der Waals surface area contributed by atoms with Crippen LogP contribution in [-0.2, 0) is 12.6 Å². The van der Waals surface area contributed by atoms with Gasteiger partial charge in [-0.2, -0.15) is 0 Å². The van der Waals surface area contributed by atoms with Crippen molar-refractivity contribution in [3.63, 3.8) is 0 Å². The van der Waals surface area contributed by atoms with E-state index >= 15 is 0 Å². The first-order chi connectivity index (χ1) is 11.4. The van der Waals surface area contributed by atoms with Crippen LogP contribution in [0.15, 0.2) is 0 Å². The maximum atomic E-state index is 10.00. The maximum absolute atomic E-state index is 10.00. The first-order valence-corrected chi connectivity index (χ1v) is 9.53. The standard InChI is InChI=1S/2C8H16O3.O.Sn/c2*1-3-5-6-7(4-2)11-8(9)10;;/h2*7H,3-6H2,1-2H3,(H,9,10);;/q;;;+2/p-2. The van der Waals surface area contributed by atoms with Gasteiger partial charge in [-0.25, -0.2) is 0 Å². The number of carboxylic acid groups (broad SMARTS) is 2. The third kappa shape index (κ3) is 23.4. The Kier molecular flexibility index (Phi) is 25.8. The Bertz CT molecular complexity index is 272. The van der Waals surface area contributed by atoms with Crippen molar-refractivity contribution in [1.82, 2.24) is 0 Å². The molecule has 0 fully saturated rings. The Morgan fingerprint density at radius 2 is 1.08 bits per heavy atom. The molecule has 0 aromatic heterocycles. The van der Waals surface area contributed by atoms with Crippen molar-refractivity contribution in [2.45, 2.75) is 91.3 Å². The van der Waals surface area contributed by atoms with Gasteiger partial charge in [0.25, 0.3) is 12.3 Å². The summed E-state index contributed by atoms with van der Waals surface area (Å²) in [5, 5.41) is 20.0. The van der Waals surface area contributed by atoms with Gasteiger partial charge >= 0.3 is 25.6 Å². The monoisotopic (exact) mass is 454 g/mol. The fourth-order valence-electron chi connectivity index (χ4n) is 1.83. The number of carbonyl (C=O) groups is 2. The van der Waals surface area contributed by atoms with Gasteiger partial charge in [-0.15, -0.1) is 0 Å². The molecule has 0 aliphatic carbocycles. The van der Waals surface area contributed by atoms with Gasteiger partial charge in [-0.05, 0) is 25.7 Å². The predicted molar refractivity (Wildman–Crippen MR) is 86.6 cm³/mol. The fourth-order valence-corrected chi connectivity index (χ4v) is 1.83. The molecule has 0 saturated heterocycles. The van der Waals surface area contributed by atoms with Crippen molar-refractivity contribution in [3.05, 3.63) is 0 Å². The van der Waals surface area contributed by atoms with Crippen molar-refractivity contribution in [3.8, 4) is 0 Å². The molecule has 0 aliphatic rings. The first kappa shape index (κ1) is 28.0. The van der Waals surface area contributed by atoms with E-state index in [1.807, 2.05) is 13.8 Å². The number of hydrogen-bond acceptors (Lipinski definition) is 7. The van der Waals surface area contributed by atoms with E-state index < -0.39 is 12.3 Å². The number of unbranched alkanes of at least 4 members (excludes halogenated alkanes) is 2. The minimum absolute atomic E-state index is 0.167. The van der Waals surface area contributed by atoms with Crippen LogP contribution in [0.4, 0.5) is 9.59 Å².